The molecule has 1 aliphatic carbocycles. The largest absolute Gasteiger partial charge is 0.384 e. The number of rotatable bonds is 9. The molecular weight excluding hydrogens is 456 g/mol. The Labute approximate surface area is 210 Å². The predicted molar refractivity (Wildman–Crippen MR) is 136 cm³/mol. The second kappa shape index (κ2) is 12.0. The van der Waals surface area contributed by atoms with Gasteiger partial charge in [0.25, 0.3) is 0 Å². The van der Waals surface area contributed by atoms with Gasteiger partial charge >= 0.3 is 11.9 Å². The summed E-state index contributed by atoms with van der Waals surface area (Å²) >= 11 is 0. The molecule has 1 atom stereocenters. The zero-order valence-corrected chi connectivity index (χ0v) is 20.3. The van der Waals surface area contributed by atoms with Crippen molar-refractivity contribution in [3.8, 4) is 5.75 Å². The highest BCUT2D eigenvalue weighted by Crippen LogP contribution is 2.39. The molecular formula is C29H30N2O5. The molecule has 3 aromatic carbocycles. The SMILES string of the molecule is CC(=O)OOc1cccc2c1CCCC2CCC(=O)O/N=C(\N)C(c1ccccc1)c1ccccc1. The van der Waals surface area contributed by atoms with Crippen molar-refractivity contribution in [2.75, 3.05) is 0 Å². The summed E-state index contributed by atoms with van der Waals surface area (Å²) in [6.07, 6.45) is 3.55. The molecule has 2 N–H and O–H groups in total. The Bertz CT molecular complexity index is 1170. The Morgan fingerprint density at radius 2 is 1.64 bits per heavy atom. The van der Waals surface area contributed by atoms with Crippen LogP contribution in [0.2, 0.25) is 0 Å². The molecule has 0 aromatic heterocycles. The van der Waals surface area contributed by atoms with Gasteiger partial charge in [-0.3, -0.25) is 9.78 Å². The van der Waals surface area contributed by atoms with Gasteiger partial charge < -0.3 is 10.6 Å². The van der Waals surface area contributed by atoms with Crippen LogP contribution in [0.5, 0.6) is 5.75 Å². The number of nitrogens with zero attached hydrogens (tertiary/aromatic N) is 1. The lowest BCUT2D eigenvalue weighted by Gasteiger charge is -2.26. The van der Waals surface area contributed by atoms with Crippen LogP contribution in [-0.4, -0.2) is 17.8 Å². The first-order valence-electron chi connectivity index (χ1n) is 12.1. The summed E-state index contributed by atoms with van der Waals surface area (Å²) in [6, 6.07) is 25.2. The zero-order chi connectivity index (χ0) is 25.3. The summed E-state index contributed by atoms with van der Waals surface area (Å²) in [6.45, 7) is 1.29. The van der Waals surface area contributed by atoms with Gasteiger partial charge in [0.2, 0.25) is 0 Å². The lowest BCUT2D eigenvalue weighted by molar-refractivity contribution is -0.211. The average Bonchev–Trinajstić information content (AvgIpc) is 2.90. The van der Waals surface area contributed by atoms with Crippen molar-refractivity contribution in [1.29, 1.82) is 0 Å². The molecule has 0 heterocycles. The number of nitrogens with two attached hydrogens (primary N) is 1. The van der Waals surface area contributed by atoms with E-state index in [1.54, 1.807) is 6.07 Å². The molecule has 7 nitrogen and oxygen atoms in total. The maximum Gasteiger partial charge on any atom is 0.352 e. The first-order valence-corrected chi connectivity index (χ1v) is 12.1. The molecule has 7 heteroatoms. The Morgan fingerprint density at radius 3 is 2.28 bits per heavy atom. The third kappa shape index (κ3) is 6.30. The van der Waals surface area contributed by atoms with Crippen molar-refractivity contribution in [2.24, 2.45) is 10.9 Å². The first kappa shape index (κ1) is 25.0. The highest BCUT2D eigenvalue weighted by Gasteiger charge is 2.25. The minimum absolute atomic E-state index is 0.171. The monoisotopic (exact) mass is 486 g/mol. The second-order valence-corrected chi connectivity index (χ2v) is 8.84. The van der Waals surface area contributed by atoms with Crippen LogP contribution in [0.4, 0.5) is 0 Å². The minimum atomic E-state index is -0.510. The summed E-state index contributed by atoms with van der Waals surface area (Å²) in [7, 11) is 0. The quantitative estimate of drug-likeness (QED) is 0.143. The van der Waals surface area contributed by atoms with Crippen LogP contribution in [0.15, 0.2) is 84.0 Å². The van der Waals surface area contributed by atoms with E-state index < -0.39 is 11.9 Å². The number of amidine groups is 1. The van der Waals surface area contributed by atoms with Gasteiger partial charge in [0.15, 0.2) is 11.6 Å². The number of oxime groups is 1. The molecule has 0 saturated carbocycles. The summed E-state index contributed by atoms with van der Waals surface area (Å²) in [4.78, 5) is 38.9. The molecule has 0 aliphatic heterocycles. The summed E-state index contributed by atoms with van der Waals surface area (Å²) in [5.74, 6) is -0.330. The van der Waals surface area contributed by atoms with E-state index in [-0.39, 0.29) is 24.1 Å². The Balaban J connectivity index is 1.41. The van der Waals surface area contributed by atoms with Gasteiger partial charge in [-0.1, -0.05) is 78.0 Å². The molecule has 0 saturated heterocycles. The first-order chi connectivity index (χ1) is 17.5. The summed E-state index contributed by atoms with van der Waals surface area (Å²) in [5, 5.41) is 4.02. The molecule has 36 heavy (non-hydrogen) atoms. The molecule has 0 amide bonds. The molecule has 186 valence electrons. The summed E-state index contributed by atoms with van der Waals surface area (Å²) in [5.41, 5.74) is 10.4. The molecule has 0 spiro atoms. The topological polar surface area (TPSA) is 100 Å². The smallest absolute Gasteiger partial charge is 0.352 e. The second-order valence-electron chi connectivity index (χ2n) is 8.84. The average molecular weight is 487 g/mol. The van der Waals surface area contributed by atoms with Gasteiger partial charge in [-0.25, -0.2) is 9.59 Å². The zero-order valence-electron chi connectivity index (χ0n) is 20.3. The van der Waals surface area contributed by atoms with Gasteiger partial charge in [-0.15, -0.1) is 0 Å². The Morgan fingerprint density at radius 1 is 0.972 bits per heavy atom. The van der Waals surface area contributed by atoms with Crippen LogP contribution < -0.4 is 10.6 Å². The van der Waals surface area contributed by atoms with Crippen LogP contribution in [0.25, 0.3) is 0 Å². The van der Waals surface area contributed by atoms with E-state index in [4.69, 9.17) is 20.3 Å². The maximum atomic E-state index is 12.6. The van der Waals surface area contributed by atoms with E-state index in [2.05, 4.69) is 5.16 Å². The maximum absolute atomic E-state index is 12.6. The van der Waals surface area contributed by atoms with Gasteiger partial charge in [-0.2, -0.15) is 0 Å². The molecule has 1 aliphatic rings. The predicted octanol–water partition coefficient (Wildman–Crippen LogP) is 5.39. The number of fused-ring (bicyclic) bond motifs is 1. The lowest BCUT2D eigenvalue weighted by Crippen LogP contribution is -2.24. The summed E-state index contributed by atoms with van der Waals surface area (Å²) < 4.78 is 0. The molecule has 0 fully saturated rings. The van der Waals surface area contributed by atoms with E-state index in [0.29, 0.717) is 12.2 Å². The minimum Gasteiger partial charge on any atom is -0.384 e. The highest BCUT2D eigenvalue weighted by atomic mass is 17.2. The van der Waals surface area contributed by atoms with Gasteiger partial charge in [0, 0.05) is 18.9 Å². The van der Waals surface area contributed by atoms with Crippen molar-refractivity contribution < 1.29 is 24.2 Å². The van der Waals surface area contributed by atoms with Crippen LogP contribution in [-0.2, 0) is 25.7 Å². The van der Waals surface area contributed by atoms with Crippen LogP contribution in [0.1, 0.15) is 66.7 Å². The fourth-order valence-electron chi connectivity index (χ4n) is 4.71. The van der Waals surface area contributed by atoms with E-state index in [0.717, 1.165) is 41.5 Å². The van der Waals surface area contributed by atoms with Gasteiger partial charge in [0.05, 0.1) is 5.92 Å². The highest BCUT2D eigenvalue weighted by molar-refractivity contribution is 5.90. The standard InChI is InChI=1S/C29H30N2O5/c1-20(32)35-36-26-17-9-15-24-21(14-8-16-25(24)26)18-19-27(33)34-31-29(30)28(22-10-4-2-5-11-22)23-12-6-3-7-13-23/h2-7,9-13,15,17,21,28H,8,14,16,18-19H2,1H3,(H2,30,31). The van der Waals surface area contributed by atoms with Gasteiger partial charge in [0.1, 0.15) is 0 Å². The van der Waals surface area contributed by atoms with Crippen LogP contribution >= 0.6 is 0 Å². The fraction of sp³-hybridized carbons (Fsp3) is 0.276. The Kier molecular flexibility index (Phi) is 8.34. The van der Waals surface area contributed by atoms with Crippen LogP contribution in [0, 0.1) is 0 Å². The Hall–Kier alpha value is -4.13. The lowest BCUT2D eigenvalue weighted by atomic mass is 9.80. The number of carbonyl (C=O) groups excluding carboxylic acids is 2. The third-order valence-electron chi connectivity index (χ3n) is 6.35. The van der Waals surface area contributed by atoms with Crippen LogP contribution in [0.3, 0.4) is 0 Å². The number of benzene rings is 3. The van der Waals surface area contributed by atoms with E-state index >= 15 is 0 Å². The van der Waals surface area contributed by atoms with Crippen molar-refractivity contribution >= 4 is 17.8 Å². The number of hydrogen-bond donors (Lipinski definition) is 1. The number of hydrogen-bond acceptors (Lipinski definition) is 6. The normalized spacial score (nSPS) is 15.2. The van der Waals surface area contributed by atoms with Crippen molar-refractivity contribution in [1.82, 2.24) is 0 Å². The molecule has 3 aromatic rings. The molecule has 4 rings (SSSR count). The van der Waals surface area contributed by atoms with Gasteiger partial charge in [-0.05, 0) is 54.4 Å². The third-order valence-corrected chi connectivity index (χ3v) is 6.35. The number of carbonyl (C=O) groups is 2. The van der Waals surface area contributed by atoms with E-state index in [9.17, 15) is 9.59 Å². The van der Waals surface area contributed by atoms with Crippen molar-refractivity contribution in [3.63, 3.8) is 0 Å². The van der Waals surface area contributed by atoms with E-state index in [1.165, 1.54) is 6.92 Å². The van der Waals surface area contributed by atoms with Crippen molar-refractivity contribution in [3.05, 3.63) is 101 Å². The molecule has 0 bridgehead atoms. The van der Waals surface area contributed by atoms with E-state index in [1.807, 2.05) is 72.8 Å². The molecule has 0 radical (unpaired) electrons. The van der Waals surface area contributed by atoms with Crippen molar-refractivity contribution in [2.45, 2.75) is 50.9 Å². The molecule has 1 unspecified atom stereocenters. The fourth-order valence-corrected chi connectivity index (χ4v) is 4.71.